The van der Waals surface area contributed by atoms with Gasteiger partial charge in [0.25, 0.3) is 0 Å². The monoisotopic (exact) mass is 583 g/mol. The number of carbonyl (C=O) groups is 2. The molecule has 0 aliphatic heterocycles. The number of amides is 2. The highest BCUT2D eigenvalue weighted by molar-refractivity contribution is 7.92. The van der Waals surface area contributed by atoms with Crippen molar-refractivity contribution in [3.8, 4) is 5.75 Å². The van der Waals surface area contributed by atoms with E-state index in [1.54, 1.807) is 31.2 Å². The van der Waals surface area contributed by atoms with Crippen LogP contribution in [-0.2, 0) is 32.6 Å². The molecular formula is C31H38FN3O5S. The van der Waals surface area contributed by atoms with Crippen molar-refractivity contribution in [3.63, 3.8) is 0 Å². The van der Waals surface area contributed by atoms with E-state index in [1.807, 2.05) is 51.1 Å². The second-order valence-corrected chi connectivity index (χ2v) is 12.9. The molecule has 0 saturated carbocycles. The normalized spacial score (nSPS) is 12.4. The SMILES string of the molecule is COc1ccc(C)cc1N(CC(=O)N(Cc1ccccc1F)C(Cc1ccccc1)C(=O)NC(C)(C)C)S(C)(=O)=O. The van der Waals surface area contributed by atoms with E-state index in [1.165, 1.54) is 30.2 Å². The van der Waals surface area contributed by atoms with Gasteiger partial charge in [-0.05, 0) is 57.0 Å². The number of ether oxygens (including phenoxy) is 1. The fourth-order valence-electron chi connectivity index (χ4n) is 4.41. The van der Waals surface area contributed by atoms with Gasteiger partial charge in [0.1, 0.15) is 24.2 Å². The molecule has 10 heteroatoms. The van der Waals surface area contributed by atoms with Crippen LogP contribution in [0.4, 0.5) is 10.1 Å². The molecule has 0 saturated heterocycles. The van der Waals surface area contributed by atoms with Gasteiger partial charge in [-0.2, -0.15) is 0 Å². The van der Waals surface area contributed by atoms with E-state index in [-0.39, 0.29) is 30.0 Å². The Kier molecular flexibility index (Phi) is 10.1. The predicted octanol–water partition coefficient (Wildman–Crippen LogP) is 4.46. The summed E-state index contributed by atoms with van der Waals surface area (Å²) in [5.41, 5.74) is 1.31. The first kappa shape index (κ1) is 31.6. The number of hydrogen-bond acceptors (Lipinski definition) is 5. The zero-order valence-electron chi connectivity index (χ0n) is 24.3. The number of rotatable bonds is 11. The van der Waals surface area contributed by atoms with Gasteiger partial charge in [-0.3, -0.25) is 13.9 Å². The van der Waals surface area contributed by atoms with E-state index >= 15 is 0 Å². The summed E-state index contributed by atoms with van der Waals surface area (Å²) in [5.74, 6) is -1.39. The van der Waals surface area contributed by atoms with Crippen molar-refractivity contribution in [2.24, 2.45) is 0 Å². The molecule has 220 valence electrons. The second kappa shape index (κ2) is 13.2. The van der Waals surface area contributed by atoms with Crippen molar-refractivity contribution in [2.45, 2.75) is 52.2 Å². The lowest BCUT2D eigenvalue weighted by Crippen LogP contribution is -2.56. The summed E-state index contributed by atoms with van der Waals surface area (Å²) >= 11 is 0. The van der Waals surface area contributed by atoms with E-state index in [0.717, 1.165) is 21.7 Å². The van der Waals surface area contributed by atoms with Crippen LogP contribution in [0.25, 0.3) is 0 Å². The summed E-state index contributed by atoms with van der Waals surface area (Å²) in [7, 11) is -2.57. The number of nitrogens with one attached hydrogen (secondary N) is 1. The van der Waals surface area contributed by atoms with Crippen LogP contribution in [0, 0.1) is 12.7 Å². The number of hydrogen-bond donors (Lipinski definition) is 1. The van der Waals surface area contributed by atoms with Crippen LogP contribution in [0.2, 0.25) is 0 Å². The first-order valence-electron chi connectivity index (χ1n) is 13.2. The maximum Gasteiger partial charge on any atom is 0.244 e. The molecule has 3 aromatic carbocycles. The molecular weight excluding hydrogens is 545 g/mol. The maximum absolute atomic E-state index is 14.9. The van der Waals surface area contributed by atoms with Gasteiger partial charge in [0.2, 0.25) is 21.8 Å². The molecule has 1 atom stereocenters. The summed E-state index contributed by atoms with van der Waals surface area (Å²) in [5, 5.41) is 2.94. The standard InChI is InChI=1S/C31H38FN3O5S/c1-22-16-17-28(40-5)26(18-22)35(41(6,38)39)21-29(36)34(20-24-14-10-11-15-25(24)32)27(30(37)33-31(2,3)4)19-23-12-8-7-9-13-23/h7-18,27H,19-21H2,1-6H3,(H,33,37). The number of anilines is 1. The van der Waals surface area contributed by atoms with Crippen LogP contribution >= 0.6 is 0 Å². The summed E-state index contributed by atoms with van der Waals surface area (Å²) in [6.45, 7) is 6.39. The molecule has 8 nitrogen and oxygen atoms in total. The van der Waals surface area contributed by atoms with Crippen molar-refractivity contribution in [1.82, 2.24) is 10.2 Å². The Bertz CT molecular complexity index is 1470. The zero-order valence-corrected chi connectivity index (χ0v) is 25.2. The largest absolute Gasteiger partial charge is 0.495 e. The van der Waals surface area contributed by atoms with Crippen molar-refractivity contribution < 1.29 is 27.1 Å². The minimum Gasteiger partial charge on any atom is -0.495 e. The van der Waals surface area contributed by atoms with Gasteiger partial charge in [-0.15, -0.1) is 0 Å². The molecule has 3 aromatic rings. The summed E-state index contributed by atoms with van der Waals surface area (Å²) in [6.07, 6.45) is 1.13. The van der Waals surface area contributed by atoms with Gasteiger partial charge in [0.15, 0.2) is 0 Å². The highest BCUT2D eigenvalue weighted by atomic mass is 32.2. The van der Waals surface area contributed by atoms with Crippen LogP contribution < -0.4 is 14.4 Å². The molecule has 0 heterocycles. The summed E-state index contributed by atoms with van der Waals surface area (Å²) in [4.78, 5) is 29.1. The van der Waals surface area contributed by atoms with Gasteiger partial charge in [0, 0.05) is 24.1 Å². The third-order valence-corrected chi connectivity index (χ3v) is 7.48. The molecule has 0 radical (unpaired) electrons. The van der Waals surface area contributed by atoms with Crippen molar-refractivity contribution in [3.05, 3.63) is 95.3 Å². The molecule has 0 aromatic heterocycles. The first-order valence-corrected chi connectivity index (χ1v) is 15.1. The van der Waals surface area contributed by atoms with Gasteiger partial charge in [-0.1, -0.05) is 54.6 Å². The quantitative estimate of drug-likeness (QED) is 0.360. The third kappa shape index (κ3) is 8.78. The van der Waals surface area contributed by atoms with E-state index in [2.05, 4.69) is 5.32 Å². The van der Waals surface area contributed by atoms with Crippen LogP contribution in [-0.4, -0.2) is 56.6 Å². The first-order chi connectivity index (χ1) is 19.2. The average Bonchev–Trinajstić information content (AvgIpc) is 2.89. The Labute approximate surface area is 242 Å². The van der Waals surface area contributed by atoms with Crippen molar-refractivity contribution in [1.29, 1.82) is 0 Å². The fraction of sp³-hybridized carbons (Fsp3) is 0.355. The van der Waals surface area contributed by atoms with Crippen LogP contribution in [0.15, 0.2) is 72.8 Å². The van der Waals surface area contributed by atoms with E-state index in [4.69, 9.17) is 4.74 Å². The maximum atomic E-state index is 14.9. The molecule has 41 heavy (non-hydrogen) atoms. The van der Waals surface area contributed by atoms with Crippen LogP contribution in [0.1, 0.15) is 37.5 Å². The third-order valence-electron chi connectivity index (χ3n) is 6.35. The Morgan fingerprint density at radius 3 is 2.22 bits per heavy atom. The van der Waals surface area contributed by atoms with Crippen LogP contribution in [0.5, 0.6) is 5.75 Å². The number of halogens is 1. The minimum atomic E-state index is -3.98. The van der Waals surface area contributed by atoms with E-state index in [9.17, 15) is 22.4 Å². The van der Waals surface area contributed by atoms with E-state index in [0.29, 0.717) is 0 Å². The van der Waals surface area contributed by atoms with Crippen molar-refractivity contribution >= 4 is 27.5 Å². The Hall–Kier alpha value is -3.92. The number of methoxy groups -OCH3 is 1. The smallest absolute Gasteiger partial charge is 0.244 e. The molecule has 2 amide bonds. The molecule has 0 bridgehead atoms. The molecule has 1 N–H and O–H groups in total. The lowest BCUT2D eigenvalue weighted by atomic mass is 10.0. The fourth-order valence-corrected chi connectivity index (χ4v) is 5.25. The van der Waals surface area contributed by atoms with Crippen molar-refractivity contribution in [2.75, 3.05) is 24.2 Å². The van der Waals surface area contributed by atoms with Gasteiger partial charge < -0.3 is 15.0 Å². The Morgan fingerprint density at radius 2 is 1.63 bits per heavy atom. The van der Waals surface area contributed by atoms with Gasteiger partial charge in [0.05, 0.1) is 19.1 Å². The number of sulfonamides is 1. The Balaban J connectivity index is 2.13. The molecule has 0 aliphatic rings. The lowest BCUT2D eigenvalue weighted by molar-refractivity contribution is -0.140. The molecule has 1 unspecified atom stereocenters. The average molecular weight is 584 g/mol. The predicted molar refractivity (Wildman–Crippen MR) is 159 cm³/mol. The van der Waals surface area contributed by atoms with Crippen LogP contribution in [0.3, 0.4) is 0 Å². The topological polar surface area (TPSA) is 96.0 Å². The van der Waals surface area contributed by atoms with Gasteiger partial charge in [-0.25, -0.2) is 12.8 Å². The Morgan fingerprint density at radius 1 is 1.00 bits per heavy atom. The molecule has 0 spiro atoms. The highest BCUT2D eigenvalue weighted by Crippen LogP contribution is 2.31. The number of benzene rings is 3. The lowest BCUT2D eigenvalue weighted by Gasteiger charge is -2.35. The minimum absolute atomic E-state index is 0.135. The summed E-state index contributed by atoms with van der Waals surface area (Å²) in [6, 6.07) is 19.1. The highest BCUT2D eigenvalue weighted by Gasteiger charge is 2.35. The van der Waals surface area contributed by atoms with Gasteiger partial charge >= 0.3 is 0 Å². The molecule has 0 aliphatic carbocycles. The number of nitrogens with zero attached hydrogens (tertiary/aromatic N) is 2. The molecule has 3 rings (SSSR count). The number of aryl methyl sites for hydroxylation is 1. The summed E-state index contributed by atoms with van der Waals surface area (Å²) < 4.78 is 47.3. The van der Waals surface area contributed by atoms with E-state index < -0.39 is 45.8 Å². The number of carbonyl (C=O) groups excluding carboxylic acids is 2. The second-order valence-electron chi connectivity index (χ2n) is 11.0. The zero-order chi connectivity index (χ0) is 30.4. The molecule has 0 fully saturated rings.